The van der Waals surface area contributed by atoms with Gasteiger partial charge in [0, 0.05) is 35.3 Å². The molecular formula is C29H30FNO3. The zero-order chi connectivity index (χ0) is 23.9. The SMILES string of the molecule is Cc1c(F)c2c(c(OCc3ccccc3)c1C(=O)Oc1ccccc1)CN(C(C)(C)C1CC1)C2. The van der Waals surface area contributed by atoms with E-state index in [4.69, 9.17) is 9.47 Å². The minimum Gasteiger partial charge on any atom is -0.488 e. The van der Waals surface area contributed by atoms with Crippen molar-refractivity contribution >= 4 is 5.97 Å². The van der Waals surface area contributed by atoms with Crippen LogP contribution in [-0.2, 0) is 19.7 Å². The minimum absolute atomic E-state index is 0.0409. The maximum Gasteiger partial charge on any atom is 0.347 e. The molecule has 1 saturated carbocycles. The summed E-state index contributed by atoms with van der Waals surface area (Å²) in [6.45, 7) is 7.46. The van der Waals surface area contributed by atoms with E-state index in [2.05, 4.69) is 18.7 Å². The second-order valence-electron chi connectivity index (χ2n) is 9.86. The van der Waals surface area contributed by atoms with Crippen molar-refractivity contribution in [2.75, 3.05) is 0 Å². The number of ether oxygens (including phenoxy) is 2. The van der Waals surface area contributed by atoms with E-state index < -0.39 is 5.97 Å². The maximum atomic E-state index is 15.7. The average molecular weight is 460 g/mol. The second-order valence-corrected chi connectivity index (χ2v) is 9.86. The number of nitrogens with zero attached hydrogens (tertiary/aromatic N) is 1. The molecule has 2 aliphatic rings. The van der Waals surface area contributed by atoms with Crippen LogP contribution >= 0.6 is 0 Å². The summed E-state index contributed by atoms with van der Waals surface area (Å²) < 4.78 is 27.6. The molecule has 5 heteroatoms. The van der Waals surface area contributed by atoms with Gasteiger partial charge >= 0.3 is 5.97 Å². The summed E-state index contributed by atoms with van der Waals surface area (Å²) in [5, 5.41) is 0. The van der Waals surface area contributed by atoms with Gasteiger partial charge in [0.05, 0.1) is 0 Å². The van der Waals surface area contributed by atoms with Crippen LogP contribution in [0.15, 0.2) is 60.7 Å². The zero-order valence-electron chi connectivity index (χ0n) is 19.9. The van der Waals surface area contributed by atoms with Crippen LogP contribution in [0.5, 0.6) is 11.5 Å². The number of halogens is 1. The number of carbonyl (C=O) groups excluding carboxylic acids is 1. The summed E-state index contributed by atoms with van der Waals surface area (Å²) in [7, 11) is 0. The Kier molecular flexibility index (Phi) is 5.90. The van der Waals surface area contributed by atoms with E-state index in [1.54, 1.807) is 31.2 Å². The molecule has 0 spiro atoms. The quantitative estimate of drug-likeness (QED) is 0.301. The van der Waals surface area contributed by atoms with Crippen LogP contribution in [-0.4, -0.2) is 16.4 Å². The van der Waals surface area contributed by atoms with Gasteiger partial charge in [-0.1, -0.05) is 48.5 Å². The van der Waals surface area contributed by atoms with Crippen molar-refractivity contribution in [3.63, 3.8) is 0 Å². The van der Waals surface area contributed by atoms with Crippen molar-refractivity contribution in [1.29, 1.82) is 0 Å². The molecule has 3 aromatic carbocycles. The first-order valence-corrected chi connectivity index (χ1v) is 11.9. The predicted octanol–water partition coefficient (Wildman–Crippen LogP) is 6.44. The lowest BCUT2D eigenvalue weighted by atomic mass is 9.96. The highest BCUT2D eigenvalue weighted by atomic mass is 19.1. The Bertz CT molecular complexity index is 1200. The van der Waals surface area contributed by atoms with E-state index in [0.717, 1.165) is 11.1 Å². The summed E-state index contributed by atoms with van der Waals surface area (Å²) >= 11 is 0. The number of carbonyl (C=O) groups is 1. The summed E-state index contributed by atoms with van der Waals surface area (Å²) in [5.41, 5.74) is 2.77. The highest BCUT2D eigenvalue weighted by molar-refractivity contribution is 5.96. The van der Waals surface area contributed by atoms with Gasteiger partial charge in [-0.25, -0.2) is 9.18 Å². The van der Waals surface area contributed by atoms with Crippen LogP contribution in [0.1, 0.15) is 59.3 Å². The molecule has 3 aromatic rings. The largest absolute Gasteiger partial charge is 0.488 e. The summed E-state index contributed by atoms with van der Waals surface area (Å²) in [6.07, 6.45) is 2.40. The molecule has 0 atom stereocenters. The third-order valence-electron chi connectivity index (χ3n) is 7.31. The van der Waals surface area contributed by atoms with Gasteiger partial charge in [-0.15, -0.1) is 0 Å². The number of hydrogen-bond acceptors (Lipinski definition) is 4. The van der Waals surface area contributed by atoms with Crippen molar-refractivity contribution in [2.24, 2.45) is 5.92 Å². The molecule has 4 nitrogen and oxygen atoms in total. The third-order valence-corrected chi connectivity index (χ3v) is 7.31. The van der Waals surface area contributed by atoms with E-state index in [1.165, 1.54) is 12.8 Å². The molecule has 176 valence electrons. The fourth-order valence-electron chi connectivity index (χ4n) is 4.93. The van der Waals surface area contributed by atoms with Crippen molar-refractivity contribution in [3.8, 4) is 11.5 Å². The molecule has 0 saturated heterocycles. The van der Waals surface area contributed by atoms with Gasteiger partial charge < -0.3 is 9.47 Å². The summed E-state index contributed by atoms with van der Waals surface area (Å²) in [6, 6.07) is 18.6. The Morgan fingerprint density at radius 3 is 2.26 bits per heavy atom. The summed E-state index contributed by atoms with van der Waals surface area (Å²) in [5.74, 6) is 0.526. The first kappa shape index (κ1) is 22.6. The van der Waals surface area contributed by atoms with Crippen LogP contribution in [0, 0.1) is 18.7 Å². The first-order chi connectivity index (χ1) is 16.4. The first-order valence-electron chi connectivity index (χ1n) is 11.9. The molecule has 5 rings (SSSR count). The third kappa shape index (κ3) is 4.21. The lowest BCUT2D eigenvalue weighted by molar-refractivity contribution is 0.0727. The normalized spacial score (nSPS) is 15.8. The lowest BCUT2D eigenvalue weighted by Gasteiger charge is -2.35. The maximum absolute atomic E-state index is 15.7. The van der Waals surface area contributed by atoms with Crippen LogP contribution in [0.3, 0.4) is 0 Å². The molecule has 0 aromatic heterocycles. The molecule has 1 aliphatic heterocycles. The van der Waals surface area contributed by atoms with Crippen molar-refractivity contribution in [2.45, 2.75) is 58.8 Å². The zero-order valence-corrected chi connectivity index (χ0v) is 19.9. The van der Waals surface area contributed by atoms with Gasteiger partial charge in [0.25, 0.3) is 0 Å². The van der Waals surface area contributed by atoms with Crippen LogP contribution in [0.2, 0.25) is 0 Å². The average Bonchev–Trinajstić information content (AvgIpc) is 3.61. The topological polar surface area (TPSA) is 38.8 Å². The lowest BCUT2D eigenvalue weighted by Crippen LogP contribution is -2.42. The van der Waals surface area contributed by atoms with Gasteiger partial charge in [-0.05, 0) is 57.2 Å². The van der Waals surface area contributed by atoms with Gasteiger partial charge in [0.15, 0.2) is 0 Å². The van der Waals surface area contributed by atoms with Crippen molar-refractivity contribution < 1.29 is 18.7 Å². The molecule has 1 fully saturated rings. The van der Waals surface area contributed by atoms with E-state index in [-0.39, 0.29) is 29.1 Å². The number of esters is 1. The standard InChI is InChI=1S/C29H30FNO3/c1-19-25(28(32)34-22-12-8-5-9-13-22)27(33-18-20-10-6-4-7-11-20)24-17-31(16-23(24)26(19)30)29(2,3)21-14-15-21/h4-13,21H,14-18H2,1-3H3. The number of fused-ring (bicyclic) bond motifs is 1. The van der Waals surface area contributed by atoms with Crippen LogP contribution in [0.25, 0.3) is 0 Å². The molecule has 0 amide bonds. The Labute approximate surface area is 200 Å². The fraction of sp³-hybridized carbons (Fsp3) is 0.345. The molecular weight excluding hydrogens is 429 g/mol. The Balaban J connectivity index is 1.55. The van der Waals surface area contributed by atoms with Gasteiger partial charge in [-0.2, -0.15) is 0 Å². The molecule has 0 N–H and O–H groups in total. The number of benzene rings is 3. The smallest absolute Gasteiger partial charge is 0.347 e. The number of para-hydroxylation sites is 1. The predicted molar refractivity (Wildman–Crippen MR) is 129 cm³/mol. The number of rotatable bonds is 7. The van der Waals surface area contributed by atoms with E-state index in [1.807, 2.05) is 36.4 Å². The van der Waals surface area contributed by atoms with Gasteiger partial charge in [0.1, 0.15) is 29.5 Å². The van der Waals surface area contributed by atoms with Crippen molar-refractivity contribution in [3.05, 3.63) is 94.3 Å². The fourth-order valence-corrected chi connectivity index (χ4v) is 4.93. The van der Waals surface area contributed by atoms with E-state index >= 15 is 4.39 Å². The van der Waals surface area contributed by atoms with Crippen LogP contribution < -0.4 is 9.47 Å². The Morgan fingerprint density at radius 2 is 1.62 bits per heavy atom. The Morgan fingerprint density at radius 1 is 1.00 bits per heavy atom. The Hall–Kier alpha value is -3.18. The molecule has 0 radical (unpaired) electrons. The minimum atomic E-state index is -0.603. The summed E-state index contributed by atoms with van der Waals surface area (Å²) in [4.78, 5) is 15.7. The monoisotopic (exact) mass is 459 g/mol. The highest BCUT2D eigenvalue weighted by Gasteiger charge is 2.45. The van der Waals surface area contributed by atoms with Gasteiger partial charge in [-0.3, -0.25) is 4.90 Å². The van der Waals surface area contributed by atoms with Crippen LogP contribution in [0.4, 0.5) is 4.39 Å². The number of hydrogen-bond donors (Lipinski definition) is 0. The molecule has 1 heterocycles. The van der Waals surface area contributed by atoms with E-state index in [0.29, 0.717) is 36.1 Å². The molecule has 34 heavy (non-hydrogen) atoms. The molecule has 1 aliphatic carbocycles. The molecule has 0 unspecified atom stereocenters. The highest BCUT2D eigenvalue weighted by Crippen LogP contribution is 2.48. The van der Waals surface area contributed by atoms with E-state index in [9.17, 15) is 4.79 Å². The van der Waals surface area contributed by atoms with Gasteiger partial charge in [0.2, 0.25) is 0 Å². The van der Waals surface area contributed by atoms with Crippen molar-refractivity contribution in [1.82, 2.24) is 4.90 Å². The molecule has 0 bridgehead atoms. The second kappa shape index (κ2) is 8.88.